The molecule has 0 aromatic heterocycles. The maximum atomic E-state index is 12.0. The number of carbonyl (C=O) groups excluding carboxylic acids is 1. The molecule has 0 saturated heterocycles. The average molecular weight is 443 g/mol. The Kier molecular flexibility index (Phi) is 5.45. The topological polar surface area (TPSA) is 104 Å². The number of rotatable bonds is 3. The van der Waals surface area contributed by atoms with Crippen molar-refractivity contribution in [3.8, 4) is 5.75 Å². The van der Waals surface area contributed by atoms with Crippen LogP contribution in [0.15, 0.2) is 42.5 Å². The van der Waals surface area contributed by atoms with Gasteiger partial charge in [0.05, 0.1) is 16.7 Å². The van der Waals surface area contributed by atoms with Gasteiger partial charge in [-0.3, -0.25) is 20.2 Å². The zero-order valence-electron chi connectivity index (χ0n) is 11.4. The van der Waals surface area contributed by atoms with E-state index in [1.807, 2.05) is 6.07 Å². The van der Waals surface area contributed by atoms with Crippen molar-refractivity contribution in [2.75, 3.05) is 5.32 Å². The first-order chi connectivity index (χ1) is 10.9. The number of phenolic OH excluding ortho intramolecular Hbond substituents is 1. The summed E-state index contributed by atoms with van der Waals surface area (Å²) in [4.78, 5) is 22.0. The van der Waals surface area contributed by atoms with E-state index in [4.69, 9.17) is 12.2 Å². The van der Waals surface area contributed by atoms with Crippen molar-refractivity contribution in [1.29, 1.82) is 0 Å². The van der Waals surface area contributed by atoms with Gasteiger partial charge < -0.3 is 10.4 Å². The second-order valence-electron chi connectivity index (χ2n) is 4.38. The summed E-state index contributed by atoms with van der Waals surface area (Å²) in [5.74, 6) is -0.743. The molecular formula is C14H10IN3O4S. The lowest BCUT2D eigenvalue weighted by Gasteiger charge is -2.11. The van der Waals surface area contributed by atoms with Crippen molar-refractivity contribution in [2.45, 2.75) is 0 Å². The van der Waals surface area contributed by atoms with E-state index in [0.717, 1.165) is 9.64 Å². The van der Waals surface area contributed by atoms with Crippen LogP contribution in [0.25, 0.3) is 0 Å². The van der Waals surface area contributed by atoms with Gasteiger partial charge in [-0.05, 0) is 59.1 Å². The maximum Gasteiger partial charge on any atom is 0.273 e. The molecule has 0 bridgehead atoms. The van der Waals surface area contributed by atoms with Gasteiger partial charge in [-0.15, -0.1) is 0 Å². The fourth-order valence-corrected chi connectivity index (χ4v) is 2.44. The third-order valence-corrected chi connectivity index (χ3v) is 3.63. The van der Waals surface area contributed by atoms with Crippen molar-refractivity contribution in [3.63, 3.8) is 0 Å². The molecule has 0 atom stereocenters. The molecule has 0 heterocycles. The van der Waals surface area contributed by atoms with Crippen LogP contribution in [0, 0.1) is 13.7 Å². The number of anilines is 1. The predicted octanol–water partition coefficient (Wildman–Crippen LogP) is 3.03. The quantitative estimate of drug-likeness (QED) is 0.222. The van der Waals surface area contributed by atoms with Crippen molar-refractivity contribution >= 4 is 57.2 Å². The first-order valence-corrected chi connectivity index (χ1v) is 7.71. The van der Waals surface area contributed by atoms with Crippen LogP contribution in [0.4, 0.5) is 11.4 Å². The van der Waals surface area contributed by atoms with E-state index in [2.05, 4.69) is 33.2 Å². The Balaban J connectivity index is 2.05. The lowest BCUT2D eigenvalue weighted by molar-refractivity contribution is -0.384. The third-order valence-electron chi connectivity index (χ3n) is 2.75. The van der Waals surface area contributed by atoms with Crippen LogP contribution in [-0.4, -0.2) is 21.0 Å². The number of benzene rings is 2. The predicted molar refractivity (Wildman–Crippen MR) is 97.6 cm³/mol. The molecule has 0 aliphatic carbocycles. The van der Waals surface area contributed by atoms with Crippen LogP contribution in [0.1, 0.15) is 10.4 Å². The molecule has 2 rings (SSSR count). The molecule has 0 spiro atoms. The van der Waals surface area contributed by atoms with Gasteiger partial charge in [0, 0.05) is 15.2 Å². The van der Waals surface area contributed by atoms with Crippen molar-refractivity contribution in [2.24, 2.45) is 0 Å². The molecule has 2 aromatic rings. The molecule has 118 valence electrons. The second kappa shape index (κ2) is 7.33. The van der Waals surface area contributed by atoms with E-state index in [9.17, 15) is 20.0 Å². The molecule has 1 amide bonds. The summed E-state index contributed by atoms with van der Waals surface area (Å²) in [5.41, 5.74) is 0.347. The van der Waals surface area contributed by atoms with Crippen LogP contribution >= 0.6 is 34.8 Å². The number of nitro benzene ring substituents is 1. The van der Waals surface area contributed by atoms with Gasteiger partial charge in [-0.25, -0.2) is 0 Å². The molecule has 0 unspecified atom stereocenters. The van der Waals surface area contributed by atoms with E-state index in [-0.39, 0.29) is 22.2 Å². The highest BCUT2D eigenvalue weighted by molar-refractivity contribution is 14.1. The van der Waals surface area contributed by atoms with Crippen molar-refractivity contribution in [1.82, 2.24) is 5.32 Å². The molecule has 9 heteroatoms. The smallest absolute Gasteiger partial charge is 0.273 e. The molecule has 7 nitrogen and oxygen atoms in total. The Morgan fingerprint density at radius 1 is 1.26 bits per heavy atom. The van der Waals surface area contributed by atoms with Crippen LogP contribution < -0.4 is 10.6 Å². The molecular weight excluding hydrogens is 433 g/mol. The fraction of sp³-hybridized carbons (Fsp3) is 0. The Labute approximate surface area is 150 Å². The molecule has 0 aliphatic rings. The molecule has 0 fully saturated rings. The van der Waals surface area contributed by atoms with Gasteiger partial charge in [-0.2, -0.15) is 0 Å². The zero-order chi connectivity index (χ0) is 17.0. The number of hydrogen-bond donors (Lipinski definition) is 3. The Bertz CT molecular complexity index is 797. The summed E-state index contributed by atoms with van der Waals surface area (Å²) < 4.78 is 0.905. The Morgan fingerprint density at radius 2 is 2.00 bits per heavy atom. The summed E-state index contributed by atoms with van der Waals surface area (Å²) in [6.45, 7) is 0. The largest absolute Gasteiger partial charge is 0.506 e. The van der Waals surface area contributed by atoms with Crippen LogP contribution in [-0.2, 0) is 0 Å². The highest BCUT2D eigenvalue weighted by Crippen LogP contribution is 2.27. The number of non-ortho nitro benzene ring substituents is 1. The summed E-state index contributed by atoms with van der Waals surface area (Å²) in [6.07, 6.45) is 0. The van der Waals surface area contributed by atoms with Gasteiger partial charge >= 0.3 is 0 Å². The number of aromatic hydroxyl groups is 1. The number of nitro groups is 1. The van der Waals surface area contributed by atoms with Gasteiger partial charge in [0.1, 0.15) is 5.75 Å². The Morgan fingerprint density at radius 3 is 2.61 bits per heavy atom. The Hall–Kier alpha value is -2.27. The molecule has 23 heavy (non-hydrogen) atoms. The maximum absolute atomic E-state index is 12.0. The van der Waals surface area contributed by atoms with Gasteiger partial charge in [0.25, 0.3) is 11.6 Å². The number of thiocarbonyl (C=S) groups is 1. The fourth-order valence-electron chi connectivity index (χ4n) is 1.70. The first-order valence-electron chi connectivity index (χ1n) is 6.22. The van der Waals surface area contributed by atoms with Crippen molar-refractivity contribution in [3.05, 3.63) is 61.7 Å². The lowest BCUT2D eigenvalue weighted by atomic mass is 10.2. The van der Waals surface area contributed by atoms with Gasteiger partial charge in [0.15, 0.2) is 5.11 Å². The minimum Gasteiger partial charge on any atom is -0.506 e. The minimum atomic E-state index is -0.624. The van der Waals surface area contributed by atoms with E-state index in [1.165, 1.54) is 12.1 Å². The lowest BCUT2D eigenvalue weighted by Crippen LogP contribution is -2.34. The molecule has 2 aromatic carbocycles. The van der Waals surface area contributed by atoms with Crippen molar-refractivity contribution < 1.29 is 14.8 Å². The van der Waals surface area contributed by atoms with E-state index < -0.39 is 10.8 Å². The summed E-state index contributed by atoms with van der Waals surface area (Å²) in [7, 11) is 0. The number of hydrogen-bond acceptors (Lipinski definition) is 5. The normalized spacial score (nSPS) is 9.96. The molecule has 0 saturated carbocycles. The summed E-state index contributed by atoms with van der Waals surface area (Å²) in [6, 6.07) is 10.4. The summed E-state index contributed by atoms with van der Waals surface area (Å²) in [5, 5.41) is 25.4. The second-order valence-corrected chi connectivity index (χ2v) is 6.03. The average Bonchev–Trinajstić information content (AvgIpc) is 2.49. The van der Waals surface area contributed by atoms with E-state index >= 15 is 0 Å². The number of phenols is 1. The number of carbonyl (C=O) groups is 1. The molecule has 3 N–H and O–H groups in total. The number of nitrogens with one attached hydrogen (secondary N) is 2. The monoisotopic (exact) mass is 443 g/mol. The highest BCUT2D eigenvalue weighted by Gasteiger charge is 2.12. The third kappa shape index (κ3) is 4.60. The summed E-state index contributed by atoms with van der Waals surface area (Å²) >= 11 is 7.09. The number of nitrogens with zero attached hydrogens (tertiary/aromatic N) is 1. The van der Waals surface area contributed by atoms with Crippen LogP contribution in [0.2, 0.25) is 0 Å². The molecule has 0 aliphatic heterocycles. The SMILES string of the molecule is O=C(NC(=S)Nc1ccc([N+](=O)[O-])cc1O)c1cccc(I)c1. The minimum absolute atomic E-state index is 0.0296. The zero-order valence-corrected chi connectivity index (χ0v) is 14.4. The van der Waals surface area contributed by atoms with E-state index in [0.29, 0.717) is 5.56 Å². The first kappa shape index (κ1) is 17.1. The highest BCUT2D eigenvalue weighted by atomic mass is 127. The van der Waals surface area contributed by atoms with Gasteiger partial charge in [-0.1, -0.05) is 6.07 Å². The number of amides is 1. The standard InChI is InChI=1S/C14H10IN3O4S/c15-9-3-1-2-8(6-9)13(20)17-14(23)16-11-5-4-10(18(21)22)7-12(11)19/h1-7,19H,(H2,16,17,20,23). The van der Waals surface area contributed by atoms with Gasteiger partial charge in [0.2, 0.25) is 0 Å². The van der Waals surface area contributed by atoms with E-state index in [1.54, 1.807) is 18.2 Å². The van der Waals surface area contributed by atoms with Crippen LogP contribution in [0.5, 0.6) is 5.75 Å². The number of halogens is 1. The van der Waals surface area contributed by atoms with Crippen LogP contribution in [0.3, 0.4) is 0 Å². The molecule has 0 radical (unpaired) electrons.